The molecule has 1 rings (SSSR count). The van der Waals surface area contributed by atoms with E-state index in [-0.39, 0.29) is 17.9 Å². The maximum Gasteiger partial charge on any atom is 0.307 e. The minimum Gasteiger partial charge on any atom is -0.481 e. The van der Waals surface area contributed by atoms with Crippen LogP contribution in [-0.4, -0.2) is 34.5 Å². The van der Waals surface area contributed by atoms with Gasteiger partial charge in [-0.15, -0.1) is 0 Å². The van der Waals surface area contributed by atoms with Gasteiger partial charge in [0.1, 0.15) is 0 Å². The molecule has 1 saturated carbocycles. The Hall–Kier alpha value is -1.06. The number of nitrogens with zero attached hydrogens (tertiary/aromatic N) is 1. The third-order valence-corrected chi connectivity index (χ3v) is 3.73. The van der Waals surface area contributed by atoms with Gasteiger partial charge in [0.25, 0.3) is 0 Å². The second-order valence-corrected chi connectivity index (χ2v) is 5.74. The zero-order valence-electron chi connectivity index (χ0n) is 11.4. The van der Waals surface area contributed by atoms with E-state index >= 15 is 0 Å². The van der Waals surface area contributed by atoms with Crippen molar-refractivity contribution >= 4 is 11.9 Å². The molecule has 4 heteroatoms. The average Bonchev–Trinajstić information content (AvgIpc) is 2.76. The molecule has 0 spiro atoms. The first-order valence-corrected chi connectivity index (χ1v) is 6.28. The lowest BCUT2D eigenvalue weighted by atomic mass is 10.1. The average molecular weight is 241 g/mol. The van der Waals surface area contributed by atoms with Crippen molar-refractivity contribution in [2.75, 3.05) is 6.54 Å². The van der Waals surface area contributed by atoms with Gasteiger partial charge in [-0.3, -0.25) is 9.59 Å². The number of aliphatic carboxylic acids is 1. The van der Waals surface area contributed by atoms with Crippen molar-refractivity contribution in [1.29, 1.82) is 0 Å². The van der Waals surface area contributed by atoms with Crippen LogP contribution in [0.15, 0.2) is 0 Å². The standard InChI is InChI=1S/C13H23NO3/c1-6-7-14(8(2)3)11(15)9-10(12(16)17)13(9,4)5/h8-10H,6-7H2,1-5H3,(H,16,17). The fourth-order valence-corrected chi connectivity index (χ4v) is 2.60. The molecule has 1 aliphatic carbocycles. The van der Waals surface area contributed by atoms with E-state index in [0.717, 1.165) is 6.42 Å². The van der Waals surface area contributed by atoms with Crippen molar-refractivity contribution in [3.63, 3.8) is 0 Å². The van der Waals surface area contributed by atoms with Crippen LogP contribution in [0.4, 0.5) is 0 Å². The second-order valence-electron chi connectivity index (χ2n) is 5.74. The molecule has 4 nitrogen and oxygen atoms in total. The van der Waals surface area contributed by atoms with Gasteiger partial charge in [0.2, 0.25) is 5.91 Å². The third kappa shape index (κ3) is 2.45. The van der Waals surface area contributed by atoms with Crippen LogP contribution in [0.1, 0.15) is 41.0 Å². The van der Waals surface area contributed by atoms with Crippen LogP contribution in [0.2, 0.25) is 0 Å². The molecular formula is C13H23NO3. The summed E-state index contributed by atoms with van der Waals surface area (Å²) in [7, 11) is 0. The lowest BCUT2D eigenvalue weighted by Gasteiger charge is -2.27. The molecule has 98 valence electrons. The number of rotatable bonds is 5. The summed E-state index contributed by atoms with van der Waals surface area (Å²) >= 11 is 0. The molecule has 0 saturated heterocycles. The summed E-state index contributed by atoms with van der Waals surface area (Å²) in [5.74, 6) is -1.73. The zero-order chi connectivity index (χ0) is 13.4. The minimum absolute atomic E-state index is 0.000694. The summed E-state index contributed by atoms with van der Waals surface area (Å²) in [4.78, 5) is 25.2. The van der Waals surface area contributed by atoms with E-state index in [2.05, 4.69) is 0 Å². The number of amides is 1. The number of hydrogen-bond donors (Lipinski definition) is 1. The van der Waals surface area contributed by atoms with Gasteiger partial charge in [0, 0.05) is 12.6 Å². The van der Waals surface area contributed by atoms with E-state index in [1.165, 1.54) is 0 Å². The molecule has 0 aliphatic heterocycles. The molecule has 1 amide bonds. The highest BCUT2D eigenvalue weighted by molar-refractivity contribution is 5.91. The van der Waals surface area contributed by atoms with Crippen LogP contribution in [-0.2, 0) is 9.59 Å². The third-order valence-electron chi connectivity index (χ3n) is 3.73. The molecule has 17 heavy (non-hydrogen) atoms. The van der Waals surface area contributed by atoms with Crippen LogP contribution in [0.5, 0.6) is 0 Å². The van der Waals surface area contributed by atoms with E-state index in [9.17, 15) is 9.59 Å². The van der Waals surface area contributed by atoms with E-state index in [4.69, 9.17) is 5.11 Å². The van der Waals surface area contributed by atoms with Gasteiger partial charge in [0.15, 0.2) is 0 Å². The van der Waals surface area contributed by atoms with E-state index in [1.54, 1.807) is 4.90 Å². The van der Waals surface area contributed by atoms with Crippen LogP contribution in [0, 0.1) is 17.3 Å². The summed E-state index contributed by atoms with van der Waals surface area (Å²) in [6.45, 7) is 10.4. The normalized spacial score (nSPS) is 25.8. The minimum atomic E-state index is -0.853. The highest BCUT2D eigenvalue weighted by Gasteiger charge is 2.66. The summed E-state index contributed by atoms with van der Waals surface area (Å²) in [5.41, 5.74) is -0.399. The van der Waals surface area contributed by atoms with Crippen molar-refractivity contribution in [3.05, 3.63) is 0 Å². The number of carboxylic acids is 1. The lowest BCUT2D eigenvalue weighted by Crippen LogP contribution is -2.39. The summed E-state index contributed by atoms with van der Waals surface area (Å²) < 4.78 is 0. The molecule has 0 bridgehead atoms. The van der Waals surface area contributed by atoms with Crippen LogP contribution in [0.3, 0.4) is 0 Å². The quantitative estimate of drug-likeness (QED) is 0.800. The molecule has 0 aromatic carbocycles. The van der Waals surface area contributed by atoms with Crippen molar-refractivity contribution in [2.24, 2.45) is 17.3 Å². The molecular weight excluding hydrogens is 218 g/mol. The van der Waals surface area contributed by atoms with Crippen LogP contribution >= 0.6 is 0 Å². The first-order valence-electron chi connectivity index (χ1n) is 6.28. The van der Waals surface area contributed by atoms with E-state index in [1.807, 2.05) is 34.6 Å². The molecule has 0 heterocycles. The molecule has 2 unspecified atom stereocenters. The Morgan fingerprint density at radius 2 is 1.82 bits per heavy atom. The zero-order valence-corrected chi connectivity index (χ0v) is 11.4. The first-order chi connectivity index (χ1) is 7.75. The fourth-order valence-electron chi connectivity index (χ4n) is 2.60. The number of carbonyl (C=O) groups excluding carboxylic acids is 1. The van der Waals surface area contributed by atoms with Gasteiger partial charge in [-0.25, -0.2) is 0 Å². The maximum absolute atomic E-state index is 12.3. The summed E-state index contributed by atoms with van der Waals surface area (Å²) in [5, 5.41) is 9.09. The highest BCUT2D eigenvalue weighted by atomic mass is 16.4. The van der Waals surface area contributed by atoms with Gasteiger partial charge in [-0.1, -0.05) is 20.8 Å². The predicted octanol–water partition coefficient (Wildman–Crippen LogP) is 1.99. The summed E-state index contributed by atoms with van der Waals surface area (Å²) in [6, 6.07) is 0.133. The molecule has 1 N–H and O–H groups in total. The molecule has 0 aromatic rings. The second kappa shape index (κ2) is 4.67. The largest absolute Gasteiger partial charge is 0.481 e. The first kappa shape index (κ1) is 14.0. The predicted molar refractivity (Wildman–Crippen MR) is 65.5 cm³/mol. The van der Waals surface area contributed by atoms with Gasteiger partial charge in [-0.05, 0) is 25.7 Å². The van der Waals surface area contributed by atoms with E-state index < -0.39 is 17.3 Å². The van der Waals surface area contributed by atoms with Crippen LogP contribution < -0.4 is 0 Å². The fraction of sp³-hybridized carbons (Fsp3) is 0.846. The van der Waals surface area contributed by atoms with Gasteiger partial charge in [0.05, 0.1) is 11.8 Å². The number of hydrogen-bond acceptors (Lipinski definition) is 2. The maximum atomic E-state index is 12.3. The van der Waals surface area contributed by atoms with Crippen LogP contribution in [0.25, 0.3) is 0 Å². The Kier molecular flexibility index (Phi) is 3.84. The highest BCUT2D eigenvalue weighted by Crippen LogP contribution is 2.59. The Bertz CT molecular complexity index is 323. The summed E-state index contributed by atoms with van der Waals surface area (Å²) in [6.07, 6.45) is 0.898. The molecule has 0 aromatic heterocycles. The molecule has 1 aliphatic rings. The van der Waals surface area contributed by atoms with Crippen molar-refractivity contribution < 1.29 is 14.7 Å². The van der Waals surface area contributed by atoms with Crippen molar-refractivity contribution in [2.45, 2.75) is 47.1 Å². The smallest absolute Gasteiger partial charge is 0.307 e. The van der Waals surface area contributed by atoms with Crippen molar-refractivity contribution in [3.8, 4) is 0 Å². The molecule has 2 atom stereocenters. The topological polar surface area (TPSA) is 57.6 Å². The lowest BCUT2D eigenvalue weighted by molar-refractivity contribution is -0.142. The van der Waals surface area contributed by atoms with Crippen molar-refractivity contribution in [1.82, 2.24) is 4.90 Å². The molecule has 1 fully saturated rings. The molecule has 0 radical (unpaired) electrons. The Labute approximate surface area is 103 Å². The Balaban J connectivity index is 2.80. The Morgan fingerprint density at radius 3 is 2.12 bits per heavy atom. The van der Waals surface area contributed by atoms with Gasteiger partial charge >= 0.3 is 5.97 Å². The van der Waals surface area contributed by atoms with Gasteiger partial charge in [-0.2, -0.15) is 0 Å². The monoisotopic (exact) mass is 241 g/mol. The SMILES string of the molecule is CCCN(C(=O)C1C(C(=O)O)C1(C)C)C(C)C. The number of carboxylic acid groups (broad SMARTS) is 1. The van der Waals surface area contributed by atoms with Gasteiger partial charge < -0.3 is 10.0 Å². The van der Waals surface area contributed by atoms with E-state index in [0.29, 0.717) is 6.54 Å². The number of carbonyl (C=O) groups is 2. The Morgan fingerprint density at radius 1 is 1.29 bits per heavy atom.